The van der Waals surface area contributed by atoms with Crippen molar-refractivity contribution in [1.82, 2.24) is 9.55 Å². The topological polar surface area (TPSA) is 70.4 Å². The van der Waals surface area contributed by atoms with Crippen molar-refractivity contribution in [2.24, 2.45) is 5.92 Å². The van der Waals surface area contributed by atoms with E-state index in [1.54, 1.807) is 29.8 Å². The average Bonchev–Trinajstić information content (AvgIpc) is 3.37. The monoisotopic (exact) mass is 440 g/mol. The first kappa shape index (κ1) is 22.7. The number of aromatic nitrogens is 2. The normalized spacial score (nSPS) is 11.0. The Kier molecular flexibility index (Phi) is 7.63. The smallest absolute Gasteiger partial charge is 0.338 e. The van der Waals surface area contributed by atoms with Crippen LogP contribution in [0, 0.1) is 19.8 Å². The summed E-state index contributed by atoms with van der Waals surface area (Å²) < 4.78 is 13.0. The van der Waals surface area contributed by atoms with Crippen molar-refractivity contribution in [2.75, 3.05) is 6.61 Å². The number of carbonyl (C=O) groups is 2. The molecule has 0 unspecified atom stereocenters. The maximum absolute atomic E-state index is 12.6. The Bertz CT molecular complexity index is 1020. The Labute approximate surface area is 186 Å². The molecule has 0 aliphatic heterocycles. The van der Waals surface area contributed by atoms with Crippen LogP contribution in [-0.2, 0) is 17.9 Å². The molecule has 0 amide bonds. The third-order valence-electron chi connectivity index (χ3n) is 5.10. The highest BCUT2D eigenvalue weighted by molar-refractivity contribution is 7.07. The van der Waals surface area contributed by atoms with Crippen molar-refractivity contribution in [3.63, 3.8) is 0 Å². The van der Waals surface area contributed by atoms with Crippen molar-refractivity contribution < 1.29 is 19.1 Å². The predicted molar refractivity (Wildman–Crippen MR) is 121 cm³/mol. The second-order valence-corrected chi connectivity index (χ2v) is 8.63. The van der Waals surface area contributed by atoms with E-state index in [0.29, 0.717) is 29.4 Å². The summed E-state index contributed by atoms with van der Waals surface area (Å²) in [4.78, 5) is 29.1. The van der Waals surface area contributed by atoms with Gasteiger partial charge in [0.1, 0.15) is 12.4 Å². The van der Waals surface area contributed by atoms with Gasteiger partial charge < -0.3 is 14.0 Å². The Morgan fingerprint density at radius 1 is 1.16 bits per heavy atom. The quantitative estimate of drug-likeness (QED) is 0.319. The Morgan fingerprint density at radius 2 is 1.90 bits per heavy atom. The Balaban J connectivity index is 1.54. The zero-order chi connectivity index (χ0) is 22.4. The number of hydrogen-bond donors (Lipinski definition) is 0. The lowest BCUT2D eigenvalue weighted by Gasteiger charge is -2.11. The molecule has 3 aromatic rings. The van der Waals surface area contributed by atoms with Crippen molar-refractivity contribution >= 4 is 23.1 Å². The second kappa shape index (κ2) is 10.4. The van der Waals surface area contributed by atoms with Gasteiger partial charge in [0.05, 0.1) is 16.8 Å². The molecular weight excluding hydrogens is 412 g/mol. The molecule has 0 spiro atoms. The molecule has 0 atom stereocenters. The molecule has 0 saturated heterocycles. The van der Waals surface area contributed by atoms with Crippen LogP contribution in [0.25, 0.3) is 0 Å². The number of aryl methyl sites for hydroxylation is 1. The van der Waals surface area contributed by atoms with Gasteiger partial charge in [0, 0.05) is 28.9 Å². The van der Waals surface area contributed by atoms with E-state index in [0.717, 1.165) is 30.0 Å². The summed E-state index contributed by atoms with van der Waals surface area (Å²) in [6, 6.07) is 8.53. The number of Topliss-reactive ketones (excluding diaryl/α,β-unsaturated/α-hetero) is 1. The maximum Gasteiger partial charge on any atom is 0.338 e. The van der Waals surface area contributed by atoms with Gasteiger partial charge in [0.15, 0.2) is 6.61 Å². The molecule has 1 aromatic carbocycles. The zero-order valence-corrected chi connectivity index (χ0v) is 19.2. The first-order valence-corrected chi connectivity index (χ1v) is 11.3. The molecule has 31 heavy (non-hydrogen) atoms. The second-order valence-electron chi connectivity index (χ2n) is 7.91. The molecule has 2 heterocycles. The summed E-state index contributed by atoms with van der Waals surface area (Å²) in [6.45, 7) is 9.26. The van der Waals surface area contributed by atoms with Gasteiger partial charge in [-0.3, -0.25) is 4.79 Å². The lowest BCUT2D eigenvalue weighted by atomic mass is 10.1. The fourth-order valence-corrected chi connectivity index (χ4v) is 3.80. The minimum atomic E-state index is -0.534. The zero-order valence-electron chi connectivity index (χ0n) is 18.4. The predicted octanol–water partition coefficient (Wildman–Crippen LogP) is 5.23. The summed E-state index contributed by atoms with van der Waals surface area (Å²) in [5.41, 5.74) is 5.55. The van der Waals surface area contributed by atoms with E-state index in [9.17, 15) is 9.59 Å². The van der Waals surface area contributed by atoms with Crippen LogP contribution in [0.3, 0.4) is 0 Å². The summed E-state index contributed by atoms with van der Waals surface area (Å²) >= 11 is 1.51. The molecule has 0 bridgehead atoms. The van der Waals surface area contributed by atoms with Crippen LogP contribution in [0.2, 0.25) is 0 Å². The largest absolute Gasteiger partial charge is 0.487 e. The Morgan fingerprint density at radius 3 is 2.55 bits per heavy atom. The van der Waals surface area contributed by atoms with E-state index in [1.807, 2.05) is 25.3 Å². The lowest BCUT2D eigenvalue weighted by Crippen LogP contribution is -2.15. The highest BCUT2D eigenvalue weighted by Crippen LogP contribution is 2.19. The number of benzene rings is 1. The molecule has 164 valence electrons. The number of esters is 1. The molecule has 0 radical (unpaired) electrons. The molecule has 0 saturated carbocycles. The molecule has 3 rings (SSSR count). The van der Waals surface area contributed by atoms with E-state index >= 15 is 0 Å². The van der Waals surface area contributed by atoms with Gasteiger partial charge in [-0.05, 0) is 56.5 Å². The molecule has 0 aliphatic carbocycles. The van der Waals surface area contributed by atoms with E-state index < -0.39 is 5.97 Å². The molecule has 6 nitrogen and oxygen atoms in total. The Hall–Kier alpha value is -2.93. The van der Waals surface area contributed by atoms with Crippen LogP contribution in [0.15, 0.2) is 41.2 Å². The van der Waals surface area contributed by atoms with Crippen LogP contribution in [0.5, 0.6) is 5.75 Å². The highest BCUT2D eigenvalue weighted by Gasteiger charge is 2.18. The first-order chi connectivity index (χ1) is 14.8. The highest BCUT2D eigenvalue weighted by atomic mass is 32.1. The van der Waals surface area contributed by atoms with Gasteiger partial charge in [0.25, 0.3) is 0 Å². The van der Waals surface area contributed by atoms with Gasteiger partial charge in [-0.25, -0.2) is 9.78 Å². The van der Waals surface area contributed by atoms with Crippen molar-refractivity contribution in [1.29, 1.82) is 0 Å². The van der Waals surface area contributed by atoms with Crippen LogP contribution in [-0.4, -0.2) is 27.9 Å². The van der Waals surface area contributed by atoms with Crippen LogP contribution < -0.4 is 4.74 Å². The summed E-state index contributed by atoms with van der Waals surface area (Å²) in [5.74, 6) is 0.494. The maximum atomic E-state index is 12.6. The summed E-state index contributed by atoms with van der Waals surface area (Å²) in [6.07, 6.45) is 1.04. The SMILES string of the molecule is Cc1cc(C(=O)COC(=O)c2ccc(OCc3cscn3)cc2)c(C)n1CCC(C)C. The fourth-order valence-electron chi connectivity index (χ4n) is 3.26. The fraction of sp³-hybridized carbons (Fsp3) is 0.375. The van der Waals surface area contributed by atoms with E-state index in [-0.39, 0.29) is 12.4 Å². The van der Waals surface area contributed by atoms with Crippen LogP contribution in [0.4, 0.5) is 0 Å². The van der Waals surface area contributed by atoms with Crippen molar-refractivity contribution in [3.8, 4) is 5.75 Å². The standard InChI is InChI=1S/C24H28N2O4S/c1-16(2)9-10-26-17(3)11-22(18(26)4)23(27)13-30-24(28)19-5-7-21(8-6-19)29-12-20-14-31-15-25-20/h5-8,11,14-16H,9-10,12-13H2,1-4H3. The van der Waals surface area contributed by atoms with Gasteiger partial charge in [-0.15, -0.1) is 11.3 Å². The van der Waals surface area contributed by atoms with Gasteiger partial charge >= 0.3 is 5.97 Å². The van der Waals surface area contributed by atoms with Crippen molar-refractivity contribution in [3.05, 3.63) is 69.4 Å². The number of ketones is 1. The van der Waals surface area contributed by atoms with Crippen LogP contribution >= 0.6 is 11.3 Å². The molecule has 0 aliphatic rings. The summed E-state index contributed by atoms with van der Waals surface area (Å²) in [7, 11) is 0. The average molecular weight is 441 g/mol. The molecular formula is C24H28N2O4S. The van der Waals surface area contributed by atoms with E-state index in [1.165, 1.54) is 11.3 Å². The number of rotatable bonds is 10. The third-order valence-corrected chi connectivity index (χ3v) is 5.73. The number of hydrogen-bond acceptors (Lipinski definition) is 6. The van der Waals surface area contributed by atoms with Gasteiger partial charge in [-0.2, -0.15) is 0 Å². The first-order valence-electron chi connectivity index (χ1n) is 10.3. The third kappa shape index (κ3) is 6.04. The number of ether oxygens (including phenoxy) is 2. The molecule has 0 N–H and O–H groups in total. The number of thiazole rings is 1. The van der Waals surface area contributed by atoms with Crippen molar-refractivity contribution in [2.45, 2.75) is 47.3 Å². The minimum absolute atomic E-state index is 0.194. The summed E-state index contributed by atoms with van der Waals surface area (Å²) in [5, 5.41) is 1.92. The minimum Gasteiger partial charge on any atom is -0.487 e. The van der Waals surface area contributed by atoms with E-state index in [4.69, 9.17) is 9.47 Å². The van der Waals surface area contributed by atoms with Gasteiger partial charge in [0.2, 0.25) is 5.78 Å². The molecule has 7 heteroatoms. The molecule has 0 fully saturated rings. The lowest BCUT2D eigenvalue weighted by molar-refractivity contribution is 0.0474. The van der Waals surface area contributed by atoms with Gasteiger partial charge in [-0.1, -0.05) is 13.8 Å². The van der Waals surface area contributed by atoms with E-state index in [2.05, 4.69) is 23.4 Å². The van der Waals surface area contributed by atoms with Crippen LogP contribution in [0.1, 0.15) is 58.1 Å². The molecule has 2 aromatic heterocycles. The number of nitrogens with zero attached hydrogens (tertiary/aromatic N) is 2. The number of carbonyl (C=O) groups excluding carboxylic acids is 2.